The first kappa shape index (κ1) is 13.9. The van der Waals surface area contributed by atoms with E-state index >= 15 is 0 Å². The van der Waals surface area contributed by atoms with Crippen LogP contribution in [0.4, 0.5) is 5.82 Å². The maximum Gasteiger partial charge on any atom is 0.224 e. The number of nitrogens with one attached hydrogen (secondary N) is 1. The summed E-state index contributed by atoms with van der Waals surface area (Å²) in [6.07, 6.45) is 3.30. The van der Waals surface area contributed by atoms with E-state index < -0.39 is 0 Å². The quantitative estimate of drug-likeness (QED) is 0.811. The fraction of sp³-hybridized carbons (Fsp3) is 0.500. The Labute approximate surface area is 107 Å². The minimum atomic E-state index is 0.120. The van der Waals surface area contributed by atoms with Gasteiger partial charge in [0.1, 0.15) is 11.9 Å². The molecule has 0 bridgehead atoms. The molecule has 0 aliphatic carbocycles. The summed E-state index contributed by atoms with van der Waals surface area (Å²) in [6, 6.07) is 1.90. The Kier molecular flexibility index (Phi) is 5.58. The van der Waals surface area contributed by atoms with E-state index in [2.05, 4.69) is 15.3 Å². The number of amides is 1. The third kappa shape index (κ3) is 4.01. The minimum Gasteiger partial charge on any atom is -0.368 e. The monoisotopic (exact) mass is 247 g/mol. The van der Waals surface area contributed by atoms with E-state index in [-0.39, 0.29) is 11.6 Å². The first-order valence-corrected chi connectivity index (χ1v) is 5.95. The van der Waals surface area contributed by atoms with Gasteiger partial charge in [0.15, 0.2) is 5.69 Å². The van der Waals surface area contributed by atoms with Gasteiger partial charge in [-0.1, -0.05) is 0 Å². The number of rotatable bonds is 6. The lowest BCUT2D eigenvalue weighted by Gasteiger charge is -2.18. The minimum absolute atomic E-state index is 0.120. The molecule has 1 rings (SSSR count). The maximum absolute atomic E-state index is 11.7. The third-order valence-corrected chi connectivity index (χ3v) is 2.53. The smallest absolute Gasteiger partial charge is 0.224 e. The summed E-state index contributed by atoms with van der Waals surface area (Å²) >= 11 is 0. The van der Waals surface area contributed by atoms with Crippen molar-refractivity contribution in [3.63, 3.8) is 0 Å². The fourth-order valence-electron chi connectivity index (χ4n) is 1.51. The number of hydrogen-bond acceptors (Lipinski definition) is 5. The van der Waals surface area contributed by atoms with Gasteiger partial charge in [-0.2, -0.15) is 5.26 Å². The molecule has 1 aromatic rings. The lowest BCUT2D eigenvalue weighted by atomic mass is 10.3. The molecule has 6 nitrogen and oxygen atoms in total. The van der Waals surface area contributed by atoms with Gasteiger partial charge in [0.25, 0.3) is 0 Å². The number of anilines is 1. The zero-order valence-corrected chi connectivity index (χ0v) is 10.7. The lowest BCUT2D eigenvalue weighted by molar-refractivity contribution is -0.130. The number of nitriles is 1. The third-order valence-electron chi connectivity index (χ3n) is 2.53. The van der Waals surface area contributed by atoms with Crippen LogP contribution < -0.4 is 5.32 Å². The number of nitrogens with zero attached hydrogens (tertiary/aromatic N) is 4. The highest BCUT2D eigenvalue weighted by Gasteiger charge is 2.08. The molecular weight excluding hydrogens is 230 g/mol. The van der Waals surface area contributed by atoms with Crippen LogP contribution in [0.25, 0.3) is 0 Å². The predicted octanol–water partition coefficient (Wildman–Crippen LogP) is 1.02. The van der Waals surface area contributed by atoms with Crippen LogP contribution in [-0.2, 0) is 4.79 Å². The summed E-state index contributed by atoms with van der Waals surface area (Å²) in [5, 5.41) is 11.6. The topological polar surface area (TPSA) is 81.9 Å². The van der Waals surface area contributed by atoms with Crippen molar-refractivity contribution < 1.29 is 4.79 Å². The Hall–Kier alpha value is -2.16. The van der Waals surface area contributed by atoms with Gasteiger partial charge in [-0.25, -0.2) is 9.97 Å². The van der Waals surface area contributed by atoms with Crippen LogP contribution in [0.3, 0.4) is 0 Å². The molecule has 1 amide bonds. The molecule has 0 atom stereocenters. The van der Waals surface area contributed by atoms with Crippen LogP contribution in [0.2, 0.25) is 0 Å². The molecule has 1 aromatic heterocycles. The Bertz CT molecular complexity index is 419. The molecule has 0 saturated carbocycles. The molecule has 1 heterocycles. The molecule has 96 valence electrons. The Balaban J connectivity index is 2.37. The van der Waals surface area contributed by atoms with Gasteiger partial charge >= 0.3 is 0 Å². The SMILES string of the molecule is CCN(CC)C(=O)CCNc1cnc(C#N)cn1. The Morgan fingerprint density at radius 2 is 2.11 bits per heavy atom. The van der Waals surface area contributed by atoms with Gasteiger partial charge < -0.3 is 10.2 Å². The van der Waals surface area contributed by atoms with E-state index in [1.807, 2.05) is 19.9 Å². The normalized spacial score (nSPS) is 9.61. The van der Waals surface area contributed by atoms with Crippen molar-refractivity contribution in [1.29, 1.82) is 5.26 Å². The van der Waals surface area contributed by atoms with Crippen molar-refractivity contribution in [1.82, 2.24) is 14.9 Å². The van der Waals surface area contributed by atoms with Crippen LogP contribution in [0.15, 0.2) is 12.4 Å². The number of carbonyl (C=O) groups excluding carboxylic acids is 1. The van der Waals surface area contributed by atoms with E-state index in [1.54, 1.807) is 4.90 Å². The average Bonchev–Trinajstić information content (AvgIpc) is 2.41. The highest BCUT2D eigenvalue weighted by molar-refractivity contribution is 5.76. The Morgan fingerprint density at radius 3 is 2.61 bits per heavy atom. The van der Waals surface area contributed by atoms with Crippen molar-refractivity contribution in [2.45, 2.75) is 20.3 Å². The number of hydrogen-bond donors (Lipinski definition) is 1. The summed E-state index contributed by atoms with van der Waals surface area (Å²) in [5.41, 5.74) is 0.278. The van der Waals surface area contributed by atoms with Gasteiger partial charge in [-0.3, -0.25) is 4.79 Å². The summed E-state index contributed by atoms with van der Waals surface area (Å²) < 4.78 is 0. The van der Waals surface area contributed by atoms with Crippen molar-refractivity contribution in [2.24, 2.45) is 0 Å². The second kappa shape index (κ2) is 7.22. The van der Waals surface area contributed by atoms with Crippen molar-refractivity contribution >= 4 is 11.7 Å². The lowest BCUT2D eigenvalue weighted by Crippen LogP contribution is -2.31. The standard InChI is InChI=1S/C12H17N5O/c1-3-17(4-2)12(18)5-6-14-11-9-15-10(7-13)8-16-11/h8-9H,3-6H2,1-2H3,(H,14,16). The van der Waals surface area contributed by atoms with Crippen LogP contribution >= 0.6 is 0 Å². The molecule has 1 N–H and O–H groups in total. The summed E-state index contributed by atoms with van der Waals surface area (Å²) in [6.45, 7) is 5.88. The van der Waals surface area contributed by atoms with E-state index in [0.717, 1.165) is 13.1 Å². The zero-order valence-electron chi connectivity index (χ0n) is 10.7. The first-order chi connectivity index (χ1) is 8.71. The van der Waals surface area contributed by atoms with Gasteiger partial charge in [0.05, 0.1) is 12.4 Å². The zero-order chi connectivity index (χ0) is 13.4. The van der Waals surface area contributed by atoms with Crippen molar-refractivity contribution in [3.05, 3.63) is 18.1 Å². The summed E-state index contributed by atoms with van der Waals surface area (Å²) in [4.78, 5) is 21.4. The number of aromatic nitrogens is 2. The van der Waals surface area contributed by atoms with Crippen LogP contribution in [0.1, 0.15) is 26.0 Å². The van der Waals surface area contributed by atoms with Crippen molar-refractivity contribution in [2.75, 3.05) is 25.0 Å². The molecule has 0 spiro atoms. The highest BCUT2D eigenvalue weighted by Crippen LogP contribution is 2.01. The predicted molar refractivity (Wildman–Crippen MR) is 67.8 cm³/mol. The molecule has 0 radical (unpaired) electrons. The summed E-state index contributed by atoms with van der Waals surface area (Å²) in [5.74, 6) is 0.690. The fourth-order valence-corrected chi connectivity index (χ4v) is 1.51. The second-order valence-corrected chi connectivity index (χ2v) is 3.64. The van der Waals surface area contributed by atoms with E-state index in [4.69, 9.17) is 5.26 Å². The van der Waals surface area contributed by atoms with Gasteiger partial charge in [-0.05, 0) is 13.8 Å². The maximum atomic E-state index is 11.7. The molecule has 0 aliphatic heterocycles. The first-order valence-electron chi connectivity index (χ1n) is 5.95. The molecule has 0 aliphatic rings. The molecule has 0 fully saturated rings. The molecule has 0 unspecified atom stereocenters. The highest BCUT2D eigenvalue weighted by atomic mass is 16.2. The molecule has 0 saturated heterocycles. The van der Waals surface area contributed by atoms with E-state index in [9.17, 15) is 4.79 Å². The van der Waals surface area contributed by atoms with Crippen molar-refractivity contribution in [3.8, 4) is 6.07 Å². The average molecular weight is 247 g/mol. The molecule has 18 heavy (non-hydrogen) atoms. The van der Waals surface area contributed by atoms with Crippen LogP contribution in [0, 0.1) is 11.3 Å². The Morgan fingerprint density at radius 1 is 1.39 bits per heavy atom. The molecule has 0 aromatic carbocycles. The molecule has 6 heteroatoms. The molecular formula is C12H17N5O. The van der Waals surface area contributed by atoms with E-state index in [0.29, 0.717) is 18.8 Å². The largest absolute Gasteiger partial charge is 0.368 e. The van der Waals surface area contributed by atoms with Gasteiger partial charge in [0.2, 0.25) is 5.91 Å². The van der Waals surface area contributed by atoms with E-state index in [1.165, 1.54) is 12.4 Å². The summed E-state index contributed by atoms with van der Waals surface area (Å²) in [7, 11) is 0. The second-order valence-electron chi connectivity index (χ2n) is 3.64. The van der Waals surface area contributed by atoms with Crippen LogP contribution in [-0.4, -0.2) is 40.4 Å². The number of carbonyl (C=O) groups is 1. The van der Waals surface area contributed by atoms with Gasteiger partial charge in [0, 0.05) is 26.1 Å². The van der Waals surface area contributed by atoms with Crippen LogP contribution in [0.5, 0.6) is 0 Å². The van der Waals surface area contributed by atoms with Gasteiger partial charge in [-0.15, -0.1) is 0 Å².